The van der Waals surface area contributed by atoms with Crippen LogP contribution in [0.25, 0.3) is 0 Å². The van der Waals surface area contributed by atoms with E-state index in [1.165, 1.54) is 0 Å². The van der Waals surface area contributed by atoms with E-state index in [4.69, 9.17) is 5.26 Å². The molecule has 72 valence electrons. The minimum Gasteiger partial charge on any atom is -0.465 e. The molecule has 5 heteroatoms. The molecule has 3 nitrogen and oxygen atoms in total. The van der Waals surface area contributed by atoms with Gasteiger partial charge in [-0.1, -0.05) is 0 Å². The molecule has 0 heterocycles. The first-order chi connectivity index (χ1) is 6.60. The molecule has 0 N–H and O–H groups in total. The van der Waals surface area contributed by atoms with Crippen LogP contribution in [-0.4, -0.2) is 13.1 Å². The summed E-state index contributed by atoms with van der Waals surface area (Å²) in [4.78, 5) is 10.9. The van der Waals surface area contributed by atoms with E-state index < -0.39 is 23.2 Å². The molecule has 1 aromatic carbocycles. The van der Waals surface area contributed by atoms with Gasteiger partial charge in [-0.3, -0.25) is 0 Å². The molecule has 0 atom stereocenters. The summed E-state index contributed by atoms with van der Waals surface area (Å²) < 4.78 is 30.0. The lowest BCUT2D eigenvalue weighted by molar-refractivity contribution is 0.0594. The van der Waals surface area contributed by atoms with Gasteiger partial charge in [0.2, 0.25) is 0 Å². The standard InChI is InChI=1S/C9H5F2NO2/c1-14-9(13)6-2-5(4-12)3-7(10)8(6)11/h2-3H,1H3. The lowest BCUT2D eigenvalue weighted by atomic mass is 10.1. The number of carbonyl (C=O) groups is 1. The molecule has 0 spiro atoms. The summed E-state index contributed by atoms with van der Waals surface area (Å²) in [6.45, 7) is 0. The summed E-state index contributed by atoms with van der Waals surface area (Å²) in [5, 5.41) is 8.44. The molecule has 0 bridgehead atoms. The molecule has 0 aromatic heterocycles. The second kappa shape index (κ2) is 3.83. The highest BCUT2D eigenvalue weighted by Crippen LogP contribution is 2.15. The molecular formula is C9H5F2NO2. The van der Waals surface area contributed by atoms with Crippen molar-refractivity contribution in [3.63, 3.8) is 0 Å². The van der Waals surface area contributed by atoms with E-state index in [2.05, 4.69) is 4.74 Å². The molecule has 0 aliphatic rings. The van der Waals surface area contributed by atoms with Gasteiger partial charge in [-0.05, 0) is 12.1 Å². The normalized spacial score (nSPS) is 9.29. The summed E-state index contributed by atoms with van der Waals surface area (Å²) in [5.74, 6) is -3.57. The van der Waals surface area contributed by atoms with E-state index in [0.717, 1.165) is 13.2 Å². The first-order valence-corrected chi connectivity index (χ1v) is 3.57. The highest BCUT2D eigenvalue weighted by Gasteiger charge is 2.17. The third-order valence-electron chi connectivity index (χ3n) is 1.56. The Morgan fingerprint density at radius 2 is 2.14 bits per heavy atom. The third kappa shape index (κ3) is 1.69. The maximum absolute atomic E-state index is 13.0. The van der Waals surface area contributed by atoms with E-state index in [-0.39, 0.29) is 5.56 Å². The third-order valence-corrected chi connectivity index (χ3v) is 1.56. The Bertz CT molecular complexity index is 424. The van der Waals surface area contributed by atoms with Gasteiger partial charge in [0.15, 0.2) is 11.6 Å². The molecule has 0 aliphatic carbocycles. The zero-order chi connectivity index (χ0) is 10.7. The van der Waals surface area contributed by atoms with Crippen LogP contribution in [-0.2, 0) is 4.74 Å². The van der Waals surface area contributed by atoms with Gasteiger partial charge in [0, 0.05) is 0 Å². The van der Waals surface area contributed by atoms with Gasteiger partial charge < -0.3 is 4.74 Å². The van der Waals surface area contributed by atoms with E-state index >= 15 is 0 Å². The number of hydrogen-bond acceptors (Lipinski definition) is 3. The van der Waals surface area contributed by atoms with Crippen LogP contribution in [0.3, 0.4) is 0 Å². The predicted octanol–water partition coefficient (Wildman–Crippen LogP) is 1.62. The molecule has 0 saturated carbocycles. The van der Waals surface area contributed by atoms with Crippen LogP contribution in [0.4, 0.5) is 8.78 Å². The van der Waals surface area contributed by atoms with Gasteiger partial charge in [0.05, 0.1) is 24.3 Å². The van der Waals surface area contributed by atoms with E-state index in [0.29, 0.717) is 6.07 Å². The van der Waals surface area contributed by atoms with Crippen molar-refractivity contribution in [3.8, 4) is 6.07 Å². The number of ether oxygens (including phenoxy) is 1. The molecule has 0 amide bonds. The Labute approximate surface area is 78.5 Å². The monoisotopic (exact) mass is 197 g/mol. The van der Waals surface area contributed by atoms with Crippen LogP contribution in [0.5, 0.6) is 0 Å². The van der Waals surface area contributed by atoms with Gasteiger partial charge >= 0.3 is 5.97 Å². The van der Waals surface area contributed by atoms with Crippen LogP contribution in [0.15, 0.2) is 12.1 Å². The fourth-order valence-corrected chi connectivity index (χ4v) is 0.912. The van der Waals surface area contributed by atoms with Gasteiger partial charge in [-0.25, -0.2) is 13.6 Å². The molecule has 1 aromatic rings. The quantitative estimate of drug-likeness (QED) is 0.643. The number of halogens is 2. The van der Waals surface area contributed by atoms with Gasteiger partial charge in [-0.2, -0.15) is 5.26 Å². The van der Waals surface area contributed by atoms with E-state index in [1.807, 2.05) is 0 Å². The molecule has 0 radical (unpaired) electrons. The van der Waals surface area contributed by atoms with Crippen LogP contribution in [0, 0.1) is 23.0 Å². The van der Waals surface area contributed by atoms with Crippen molar-refractivity contribution in [2.45, 2.75) is 0 Å². The SMILES string of the molecule is COC(=O)c1cc(C#N)cc(F)c1F. The Hall–Kier alpha value is -1.96. The van der Waals surface area contributed by atoms with Crippen LogP contribution < -0.4 is 0 Å². The zero-order valence-electron chi connectivity index (χ0n) is 7.17. The van der Waals surface area contributed by atoms with Crippen LogP contribution in [0.2, 0.25) is 0 Å². The lowest BCUT2D eigenvalue weighted by Gasteiger charge is -2.01. The molecule has 0 aliphatic heterocycles. The number of methoxy groups -OCH3 is 1. The molecule has 0 fully saturated rings. The maximum atomic E-state index is 13.0. The summed E-state index contributed by atoms with van der Waals surface area (Å²) in [7, 11) is 1.04. The first-order valence-electron chi connectivity index (χ1n) is 3.57. The Morgan fingerprint density at radius 1 is 1.50 bits per heavy atom. The van der Waals surface area contributed by atoms with Crippen molar-refractivity contribution in [1.29, 1.82) is 5.26 Å². The van der Waals surface area contributed by atoms with Crippen molar-refractivity contribution in [2.75, 3.05) is 7.11 Å². The number of esters is 1. The Kier molecular flexibility index (Phi) is 2.77. The minimum atomic E-state index is -1.31. The Balaban J connectivity index is 3.36. The summed E-state index contributed by atoms with van der Waals surface area (Å²) in [6.07, 6.45) is 0. The fraction of sp³-hybridized carbons (Fsp3) is 0.111. The number of nitrogens with zero attached hydrogens (tertiary/aromatic N) is 1. The van der Waals surface area contributed by atoms with Crippen molar-refractivity contribution in [1.82, 2.24) is 0 Å². The highest BCUT2D eigenvalue weighted by molar-refractivity contribution is 5.90. The molecule has 0 unspecified atom stereocenters. The van der Waals surface area contributed by atoms with Crippen molar-refractivity contribution >= 4 is 5.97 Å². The van der Waals surface area contributed by atoms with Crippen molar-refractivity contribution in [3.05, 3.63) is 34.9 Å². The zero-order valence-corrected chi connectivity index (χ0v) is 7.17. The molecule has 0 saturated heterocycles. The Morgan fingerprint density at radius 3 is 2.64 bits per heavy atom. The first kappa shape index (κ1) is 10.1. The highest BCUT2D eigenvalue weighted by atomic mass is 19.2. The van der Waals surface area contributed by atoms with Gasteiger partial charge in [0.1, 0.15) is 0 Å². The van der Waals surface area contributed by atoms with Crippen molar-refractivity contribution in [2.24, 2.45) is 0 Å². The lowest BCUT2D eigenvalue weighted by Crippen LogP contribution is -2.06. The molecule has 1 rings (SSSR count). The second-order valence-corrected chi connectivity index (χ2v) is 2.42. The van der Waals surface area contributed by atoms with E-state index in [1.54, 1.807) is 6.07 Å². The summed E-state index contributed by atoms with van der Waals surface area (Å²) in [5.41, 5.74) is -0.714. The maximum Gasteiger partial charge on any atom is 0.341 e. The molecule has 14 heavy (non-hydrogen) atoms. The summed E-state index contributed by atoms with van der Waals surface area (Å²) >= 11 is 0. The number of hydrogen-bond donors (Lipinski definition) is 0. The number of benzene rings is 1. The topological polar surface area (TPSA) is 50.1 Å². The number of carbonyl (C=O) groups excluding carboxylic acids is 1. The number of rotatable bonds is 1. The average Bonchev–Trinajstić information content (AvgIpc) is 2.20. The molecular weight excluding hydrogens is 192 g/mol. The van der Waals surface area contributed by atoms with Crippen LogP contribution in [0.1, 0.15) is 15.9 Å². The smallest absolute Gasteiger partial charge is 0.341 e. The second-order valence-electron chi connectivity index (χ2n) is 2.42. The predicted molar refractivity (Wildman–Crippen MR) is 42.4 cm³/mol. The average molecular weight is 197 g/mol. The minimum absolute atomic E-state index is 0.135. The van der Waals surface area contributed by atoms with Gasteiger partial charge in [-0.15, -0.1) is 0 Å². The van der Waals surface area contributed by atoms with Crippen LogP contribution >= 0.6 is 0 Å². The van der Waals surface area contributed by atoms with Crippen molar-refractivity contribution < 1.29 is 18.3 Å². The van der Waals surface area contributed by atoms with Gasteiger partial charge in [0.25, 0.3) is 0 Å². The number of nitriles is 1. The summed E-state index contributed by atoms with van der Waals surface area (Å²) in [6, 6.07) is 3.24. The van der Waals surface area contributed by atoms with E-state index in [9.17, 15) is 13.6 Å². The fourth-order valence-electron chi connectivity index (χ4n) is 0.912. The largest absolute Gasteiger partial charge is 0.465 e.